The highest BCUT2D eigenvalue weighted by atomic mass is 16.6. The lowest BCUT2D eigenvalue weighted by molar-refractivity contribution is -0.158. The van der Waals surface area contributed by atoms with Crippen molar-refractivity contribution in [1.82, 2.24) is 5.32 Å². The molecule has 1 heterocycles. The number of hydrogen-bond acceptors (Lipinski definition) is 3. The molecule has 1 amide bonds. The maximum absolute atomic E-state index is 11.7. The largest absolute Gasteiger partial charge is 0.373 e. The highest BCUT2D eigenvalue weighted by molar-refractivity contribution is 5.81. The molecule has 4 nitrogen and oxygen atoms in total. The number of carbonyl (C=O) groups excluding carboxylic acids is 1. The molecule has 0 unspecified atom stereocenters. The van der Waals surface area contributed by atoms with E-state index in [1.54, 1.807) is 0 Å². The lowest BCUT2D eigenvalue weighted by atomic mass is 9.89. The molecule has 0 bridgehead atoms. The molecule has 16 heavy (non-hydrogen) atoms. The van der Waals surface area contributed by atoms with E-state index in [1.165, 1.54) is 0 Å². The van der Waals surface area contributed by atoms with Crippen LogP contribution in [0.4, 0.5) is 0 Å². The Morgan fingerprint density at radius 1 is 1.00 bits per heavy atom. The molecule has 0 radical (unpaired) electrons. The van der Waals surface area contributed by atoms with E-state index >= 15 is 0 Å². The molecular weight excluding hydrogens is 206 g/mol. The van der Waals surface area contributed by atoms with Gasteiger partial charge in [0.15, 0.2) is 0 Å². The fourth-order valence-corrected chi connectivity index (χ4v) is 2.66. The van der Waals surface area contributed by atoms with Crippen molar-refractivity contribution in [1.29, 1.82) is 0 Å². The predicted molar refractivity (Wildman–Crippen MR) is 58.0 cm³/mol. The molecule has 0 aromatic heterocycles. The van der Waals surface area contributed by atoms with Gasteiger partial charge in [-0.05, 0) is 32.1 Å². The van der Waals surface area contributed by atoms with Gasteiger partial charge in [-0.1, -0.05) is 0 Å². The van der Waals surface area contributed by atoms with Crippen LogP contribution in [-0.4, -0.2) is 37.4 Å². The van der Waals surface area contributed by atoms with Gasteiger partial charge in [-0.15, -0.1) is 0 Å². The third-order valence-electron chi connectivity index (χ3n) is 3.77. The summed E-state index contributed by atoms with van der Waals surface area (Å²) in [5.41, 5.74) is 0. The Balaban J connectivity index is 1.51. The van der Waals surface area contributed by atoms with Crippen molar-refractivity contribution in [2.45, 2.75) is 50.4 Å². The Morgan fingerprint density at radius 3 is 2.50 bits per heavy atom. The van der Waals surface area contributed by atoms with Gasteiger partial charge in [-0.2, -0.15) is 0 Å². The second-order valence-corrected chi connectivity index (χ2v) is 5.11. The van der Waals surface area contributed by atoms with Crippen LogP contribution < -0.4 is 5.32 Å². The summed E-state index contributed by atoms with van der Waals surface area (Å²) in [5.74, 6) is 0.557. The maximum Gasteiger partial charge on any atom is 0.223 e. The molecule has 2 saturated carbocycles. The quantitative estimate of drug-likeness (QED) is 0.758. The minimum Gasteiger partial charge on any atom is -0.373 e. The summed E-state index contributed by atoms with van der Waals surface area (Å²) in [4.78, 5) is 11.7. The van der Waals surface area contributed by atoms with Crippen molar-refractivity contribution < 1.29 is 14.3 Å². The lowest BCUT2D eigenvalue weighted by Gasteiger charge is -2.39. The molecule has 1 N–H and O–H groups in total. The zero-order chi connectivity index (χ0) is 11.0. The van der Waals surface area contributed by atoms with E-state index in [0.717, 1.165) is 38.7 Å². The van der Waals surface area contributed by atoms with E-state index in [4.69, 9.17) is 9.47 Å². The van der Waals surface area contributed by atoms with E-state index in [1.807, 2.05) is 0 Å². The zero-order valence-electron chi connectivity index (χ0n) is 9.48. The van der Waals surface area contributed by atoms with E-state index in [2.05, 4.69) is 5.32 Å². The maximum atomic E-state index is 11.7. The van der Waals surface area contributed by atoms with Crippen LogP contribution in [0.1, 0.15) is 32.1 Å². The summed E-state index contributed by atoms with van der Waals surface area (Å²) in [6.07, 6.45) is 5.58. The Labute approximate surface area is 95.7 Å². The molecule has 1 saturated heterocycles. The number of ether oxygens (including phenoxy) is 2. The van der Waals surface area contributed by atoms with E-state index < -0.39 is 0 Å². The van der Waals surface area contributed by atoms with Gasteiger partial charge < -0.3 is 14.8 Å². The Hall–Kier alpha value is -0.610. The van der Waals surface area contributed by atoms with Gasteiger partial charge in [-0.3, -0.25) is 4.79 Å². The summed E-state index contributed by atoms with van der Waals surface area (Å²) in [5, 5.41) is 3.14. The van der Waals surface area contributed by atoms with Crippen molar-refractivity contribution in [2.75, 3.05) is 13.2 Å². The van der Waals surface area contributed by atoms with Gasteiger partial charge in [0.2, 0.25) is 5.91 Å². The highest BCUT2D eigenvalue weighted by Crippen LogP contribution is 2.31. The summed E-state index contributed by atoms with van der Waals surface area (Å²) < 4.78 is 11.4. The number of carbonyl (C=O) groups is 1. The fraction of sp³-hybridized carbons (Fsp3) is 0.917. The third kappa shape index (κ3) is 2.23. The minimum atomic E-state index is 0.201. The summed E-state index contributed by atoms with van der Waals surface area (Å²) >= 11 is 0. The SMILES string of the molecule is O=C(N[C@@H]1CC[C@H]2OCCO[C@H]2C1)C1CC1. The Bertz CT molecular complexity index is 277. The molecule has 4 heteroatoms. The van der Waals surface area contributed by atoms with E-state index in [0.29, 0.717) is 18.6 Å². The van der Waals surface area contributed by atoms with Crippen LogP contribution in [-0.2, 0) is 14.3 Å². The number of nitrogens with one attached hydrogen (secondary N) is 1. The van der Waals surface area contributed by atoms with Crippen molar-refractivity contribution in [2.24, 2.45) is 5.92 Å². The molecular formula is C12H19NO3. The molecule has 0 spiro atoms. The monoisotopic (exact) mass is 225 g/mol. The van der Waals surface area contributed by atoms with Crippen LogP contribution in [0.3, 0.4) is 0 Å². The van der Waals surface area contributed by atoms with Crippen LogP contribution in [0.2, 0.25) is 0 Å². The highest BCUT2D eigenvalue weighted by Gasteiger charge is 2.37. The fourth-order valence-electron chi connectivity index (χ4n) is 2.66. The van der Waals surface area contributed by atoms with Gasteiger partial charge in [0.05, 0.1) is 25.4 Å². The summed E-state index contributed by atoms with van der Waals surface area (Å²) in [6, 6.07) is 0.302. The average Bonchev–Trinajstić information content (AvgIpc) is 3.12. The van der Waals surface area contributed by atoms with Gasteiger partial charge in [0.1, 0.15) is 0 Å². The van der Waals surface area contributed by atoms with Crippen molar-refractivity contribution >= 4 is 5.91 Å². The molecule has 0 aromatic carbocycles. The van der Waals surface area contributed by atoms with Crippen LogP contribution in [0.5, 0.6) is 0 Å². The normalized spacial score (nSPS) is 38.9. The van der Waals surface area contributed by atoms with Crippen LogP contribution in [0.25, 0.3) is 0 Å². The number of fused-ring (bicyclic) bond motifs is 1. The summed E-state index contributed by atoms with van der Waals surface area (Å²) in [7, 11) is 0. The van der Waals surface area contributed by atoms with Gasteiger partial charge in [-0.25, -0.2) is 0 Å². The van der Waals surface area contributed by atoms with Crippen molar-refractivity contribution in [3.05, 3.63) is 0 Å². The zero-order valence-corrected chi connectivity index (χ0v) is 9.48. The number of rotatable bonds is 2. The Kier molecular flexibility index (Phi) is 2.86. The van der Waals surface area contributed by atoms with Crippen molar-refractivity contribution in [3.63, 3.8) is 0 Å². The first-order valence-corrected chi connectivity index (χ1v) is 6.36. The second kappa shape index (κ2) is 4.34. The van der Waals surface area contributed by atoms with E-state index in [9.17, 15) is 4.79 Å². The average molecular weight is 225 g/mol. The number of amides is 1. The van der Waals surface area contributed by atoms with Crippen LogP contribution in [0, 0.1) is 5.92 Å². The molecule has 0 aromatic rings. The van der Waals surface area contributed by atoms with Gasteiger partial charge >= 0.3 is 0 Å². The molecule has 2 aliphatic carbocycles. The third-order valence-corrected chi connectivity index (χ3v) is 3.77. The molecule has 3 rings (SSSR count). The predicted octanol–water partition coefficient (Wildman–Crippen LogP) is 0.849. The van der Waals surface area contributed by atoms with Crippen LogP contribution >= 0.6 is 0 Å². The van der Waals surface area contributed by atoms with Crippen LogP contribution in [0.15, 0.2) is 0 Å². The first-order chi connectivity index (χ1) is 7.83. The second-order valence-electron chi connectivity index (χ2n) is 5.11. The van der Waals surface area contributed by atoms with Gasteiger partial charge in [0.25, 0.3) is 0 Å². The topological polar surface area (TPSA) is 47.6 Å². The smallest absolute Gasteiger partial charge is 0.223 e. The van der Waals surface area contributed by atoms with Crippen molar-refractivity contribution in [3.8, 4) is 0 Å². The molecule has 3 atom stereocenters. The first-order valence-electron chi connectivity index (χ1n) is 6.36. The first kappa shape index (κ1) is 10.5. The lowest BCUT2D eigenvalue weighted by Crippen LogP contribution is -2.49. The molecule has 3 fully saturated rings. The van der Waals surface area contributed by atoms with Gasteiger partial charge in [0, 0.05) is 12.0 Å². The minimum absolute atomic E-state index is 0.201. The standard InChI is InChI=1S/C12H19NO3/c14-12(8-1-2-8)13-9-3-4-10-11(7-9)16-6-5-15-10/h8-11H,1-7H2,(H,13,14)/t9-,10-,11+/m1/s1. The number of hydrogen-bond donors (Lipinski definition) is 1. The molecule has 1 aliphatic heterocycles. The molecule has 3 aliphatic rings. The molecule has 90 valence electrons. The summed E-state index contributed by atoms with van der Waals surface area (Å²) in [6.45, 7) is 1.42. The van der Waals surface area contributed by atoms with E-state index in [-0.39, 0.29) is 18.1 Å². The Morgan fingerprint density at radius 2 is 1.75 bits per heavy atom.